The van der Waals surface area contributed by atoms with E-state index < -0.39 is 0 Å². The number of nitrogens with one attached hydrogen (secondary N) is 1. The van der Waals surface area contributed by atoms with Crippen molar-refractivity contribution in [3.05, 3.63) is 6.07 Å². The molecule has 4 unspecified atom stereocenters. The normalized spacial score (nSPS) is 30.2. The third-order valence-corrected chi connectivity index (χ3v) is 4.62. The minimum Gasteiger partial charge on any atom is -0.481 e. The van der Waals surface area contributed by atoms with Crippen LogP contribution in [0.4, 0.5) is 5.95 Å². The van der Waals surface area contributed by atoms with Crippen molar-refractivity contribution in [2.24, 2.45) is 23.5 Å². The number of fused-ring (bicyclic) bond motifs is 2. The SMILES string of the molecule is COc1cc(OC)nc(NC(=O)C2C3CCC(C3)C2N)n1. The molecule has 0 aliphatic heterocycles. The van der Waals surface area contributed by atoms with Gasteiger partial charge in [0.05, 0.1) is 26.2 Å². The zero-order chi connectivity index (χ0) is 15.0. The molecular formula is C14H20N4O3. The zero-order valence-electron chi connectivity index (χ0n) is 12.2. The topological polar surface area (TPSA) is 99.4 Å². The predicted octanol–water partition coefficient (Wildman–Crippen LogP) is 0.806. The Morgan fingerprint density at radius 3 is 2.38 bits per heavy atom. The number of nitrogens with zero attached hydrogens (tertiary/aromatic N) is 2. The van der Waals surface area contributed by atoms with E-state index in [4.69, 9.17) is 15.2 Å². The Balaban J connectivity index is 1.75. The highest BCUT2D eigenvalue weighted by atomic mass is 16.5. The van der Waals surface area contributed by atoms with Crippen LogP contribution in [0.3, 0.4) is 0 Å². The quantitative estimate of drug-likeness (QED) is 0.851. The summed E-state index contributed by atoms with van der Waals surface area (Å²) < 4.78 is 10.1. The smallest absolute Gasteiger partial charge is 0.236 e. The molecule has 21 heavy (non-hydrogen) atoms. The Morgan fingerprint density at radius 1 is 1.24 bits per heavy atom. The fraction of sp³-hybridized carbons (Fsp3) is 0.643. The minimum atomic E-state index is -0.149. The van der Waals surface area contributed by atoms with Crippen LogP contribution in [0.25, 0.3) is 0 Å². The molecule has 0 saturated heterocycles. The second-order valence-electron chi connectivity index (χ2n) is 5.70. The summed E-state index contributed by atoms with van der Waals surface area (Å²) in [4.78, 5) is 20.7. The lowest BCUT2D eigenvalue weighted by Crippen LogP contribution is -2.42. The number of amides is 1. The van der Waals surface area contributed by atoms with Crippen molar-refractivity contribution in [3.63, 3.8) is 0 Å². The molecule has 0 spiro atoms. The van der Waals surface area contributed by atoms with Gasteiger partial charge in [-0.2, -0.15) is 9.97 Å². The summed E-state index contributed by atoms with van der Waals surface area (Å²) in [6, 6.07) is 1.50. The third kappa shape index (κ3) is 2.53. The van der Waals surface area contributed by atoms with Crippen LogP contribution in [0.15, 0.2) is 6.07 Å². The molecule has 7 heteroatoms. The lowest BCUT2D eigenvalue weighted by atomic mass is 9.84. The van der Waals surface area contributed by atoms with Gasteiger partial charge >= 0.3 is 0 Å². The number of methoxy groups -OCH3 is 2. The Hall–Kier alpha value is -1.89. The summed E-state index contributed by atoms with van der Waals surface area (Å²) in [5, 5.41) is 2.75. The van der Waals surface area contributed by atoms with E-state index in [1.165, 1.54) is 14.2 Å². The van der Waals surface area contributed by atoms with Crippen molar-refractivity contribution in [1.82, 2.24) is 9.97 Å². The first kappa shape index (κ1) is 14.1. The van der Waals surface area contributed by atoms with E-state index in [0.717, 1.165) is 19.3 Å². The van der Waals surface area contributed by atoms with Crippen LogP contribution >= 0.6 is 0 Å². The van der Waals surface area contributed by atoms with Crippen molar-refractivity contribution in [2.75, 3.05) is 19.5 Å². The second-order valence-corrected chi connectivity index (χ2v) is 5.70. The summed E-state index contributed by atoms with van der Waals surface area (Å²) in [5.41, 5.74) is 6.18. The lowest BCUT2D eigenvalue weighted by molar-refractivity contribution is -0.121. The Morgan fingerprint density at radius 2 is 1.86 bits per heavy atom. The van der Waals surface area contributed by atoms with E-state index in [-0.39, 0.29) is 23.8 Å². The van der Waals surface area contributed by atoms with Crippen LogP contribution in [0.2, 0.25) is 0 Å². The summed E-state index contributed by atoms with van der Waals surface area (Å²) in [5.74, 6) is 1.48. The average Bonchev–Trinajstić information content (AvgIpc) is 3.07. The molecule has 0 aromatic carbocycles. The number of aromatic nitrogens is 2. The van der Waals surface area contributed by atoms with E-state index in [1.54, 1.807) is 6.07 Å². The van der Waals surface area contributed by atoms with E-state index in [1.807, 2.05) is 0 Å². The van der Waals surface area contributed by atoms with Gasteiger partial charge in [0, 0.05) is 6.04 Å². The number of ether oxygens (including phenoxy) is 2. The van der Waals surface area contributed by atoms with E-state index in [2.05, 4.69) is 15.3 Å². The molecule has 2 bridgehead atoms. The van der Waals surface area contributed by atoms with Gasteiger partial charge in [-0.25, -0.2) is 0 Å². The van der Waals surface area contributed by atoms with Gasteiger partial charge in [0.15, 0.2) is 0 Å². The fourth-order valence-corrected chi connectivity index (χ4v) is 3.59. The van der Waals surface area contributed by atoms with Crippen LogP contribution < -0.4 is 20.5 Å². The highest BCUT2D eigenvalue weighted by Crippen LogP contribution is 2.47. The van der Waals surface area contributed by atoms with Crippen LogP contribution in [0.1, 0.15) is 19.3 Å². The van der Waals surface area contributed by atoms with E-state index in [0.29, 0.717) is 23.6 Å². The Kier molecular flexibility index (Phi) is 3.67. The lowest BCUT2D eigenvalue weighted by Gasteiger charge is -2.26. The standard InChI is InChI=1S/C14H20N4O3/c1-20-9-6-10(21-2)17-14(16-9)18-13(19)11-7-3-4-8(5-7)12(11)15/h6-8,11-12H,3-5,15H2,1-2H3,(H,16,17,18,19). The predicted molar refractivity (Wildman–Crippen MR) is 76.1 cm³/mol. The van der Waals surface area contributed by atoms with Gasteiger partial charge in [-0.1, -0.05) is 0 Å². The largest absolute Gasteiger partial charge is 0.481 e. The van der Waals surface area contributed by atoms with Crippen LogP contribution in [0, 0.1) is 17.8 Å². The maximum absolute atomic E-state index is 12.5. The first-order valence-electron chi connectivity index (χ1n) is 7.16. The van der Waals surface area contributed by atoms with Gasteiger partial charge in [0.2, 0.25) is 23.6 Å². The summed E-state index contributed by atoms with van der Waals surface area (Å²) in [6.07, 6.45) is 3.28. The van der Waals surface area contributed by atoms with Crippen molar-refractivity contribution < 1.29 is 14.3 Å². The molecule has 2 saturated carbocycles. The number of nitrogens with two attached hydrogens (primary N) is 1. The molecule has 4 atom stereocenters. The van der Waals surface area contributed by atoms with Crippen LogP contribution in [0.5, 0.6) is 11.8 Å². The van der Waals surface area contributed by atoms with Crippen LogP contribution in [-0.4, -0.2) is 36.1 Å². The monoisotopic (exact) mass is 292 g/mol. The van der Waals surface area contributed by atoms with Gasteiger partial charge in [-0.3, -0.25) is 10.1 Å². The number of hydrogen-bond acceptors (Lipinski definition) is 6. The molecule has 3 rings (SSSR count). The average molecular weight is 292 g/mol. The second kappa shape index (κ2) is 5.48. The highest BCUT2D eigenvalue weighted by molar-refractivity contribution is 5.92. The molecule has 0 radical (unpaired) electrons. The Bertz CT molecular complexity index is 527. The minimum absolute atomic E-state index is 0.0590. The molecule has 2 aliphatic carbocycles. The van der Waals surface area contributed by atoms with E-state index in [9.17, 15) is 4.79 Å². The van der Waals surface area contributed by atoms with Gasteiger partial charge in [-0.05, 0) is 31.1 Å². The molecule has 1 heterocycles. The van der Waals surface area contributed by atoms with Gasteiger partial charge in [0.25, 0.3) is 0 Å². The first-order valence-corrected chi connectivity index (χ1v) is 7.16. The van der Waals surface area contributed by atoms with Crippen molar-refractivity contribution in [3.8, 4) is 11.8 Å². The number of carbonyl (C=O) groups is 1. The molecule has 114 valence electrons. The van der Waals surface area contributed by atoms with Crippen molar-refractivity contribution in [2.45, 2.75) is 25.3 Å². The molecule has 2 fully saturated rings. The summed E-state index contributed by atoms with van der Waals surface area (Å²) in [6.45, 7) is 0. The summed E-state index contributed by atoms with van der Waals surface area (Å²) >= 11 is 0. The van der Waals surface area contributed by atoms with Crippen molar-refractivity contribution in [1.29, 1.82) is 0 Å². The molecule has 3 N–H and O–H groups in total. The van der Waals surface area contributed by atoms with Crippen LogP contribution in [-0.2, 0) is 4.79 Å². The molecular weight excluding hydrogens is 272 g/mol. The molecule has 1 aromatic rings. The number of rotatable bonds is 4. The molecule has 2 aliphatic rings. The fourth-order valence-electron chi connectivity index (χ4n) is 3.59. The van der Waals surface area contributed by atoms with Gasteiger partial charge in [-0.15, -0.1) is 0 Å². The van der Waals surface area contributed by atoms with Gasteiger partial charge < -0.3 is 15.2 Å². The maximum Gasteiger partial charge on any atom is 0.236 e. The highest BCUT2D eigenvalue weighted by Gasteiger charge is 2.49. The number of carbonyl (C=O) groups excluding carboxylic acids is 1. The Labute approximate surface area is 123 Å². The maximum atomic E-state index is 12.5. The summed E-state index contributed by atoms with van der Waals surface area (Å²) in [7, 11) is 3.00. The molecule has 1 aromatic heterocycles. The molecule has 7 nitrogen and oxygen atoms in total. The van der Waals surface area contributed by atoms with E-state index >= 15 is 0 Å². The first-order chi connectivity index (χ1) is 10.1. The third-order valence-electron chi connectivity index (χ3n) is 4.62. The van der Waals surface area contributed by atoms with Crippen molar-refractivity contribution >= 4 is 11.9 Å². The molecule has 1 amide bonds. The van der Waals surface area contributed by atoms with Gasteiger partial charge in [0.1, 0.15) is 0 Å². The zero-order valence-corrected chi connectivity index (χ0v) is 12.2. The number of anilines is 1. The number of hydrogen-bond donors (Lipinski definition) is 2.